The predicted molar refractivity (Wildman–Crippen MR) is 32.9 cm³/mol. The number of nitrogens with two attached hydrogens (primary N) is 1. The van der Waals surface area contributed by atoms with Crippen LogP contribution in [0.4, 0.5) is 0 Å². The van der Waals surface area contributed by atoms with Gasteiger partial charge in [0.25, 0.3) is 5.91 Å². The van der Waals surface area contributed by atoms with Gasteiger partial charge in [-0.2, -0.15) is 0 Å². The number of hydrogen-bond donors (Lipinski definition) is 2. The van der Waals surface area contributed by atoms with Crippen molar-refractivity contribution in [3.8, 4) is 0 Å². The zero-order chi connectivity index (χ0) is 5.98. The average molecular weight is 128 g/mol. The standard InChI is InChI=1S/C5H6N2O.H2O/c6-5(8)4-2-1-3-7-4;/h1-3,7H,(H2,6,8);1H2. The van der Waals surface area contributed by atoms with Crippen LogP contribution >= 0.6 is 0 Å². The lowest BCUT2D eigenvalue weighted by atomic mass is 10.4. The Hall–Kier alpha value is -1.29. The fourth-order valence-corrected chi connectivity index (χ4v) is 0.484. The molecule has 0 saturated heterocycles. The van der Waals surface area contributed by atoms with Gasteiger partial charge in [0, 0.05) is 6.20 Å². The maximum atomic E-state index is 10.3. The number of carbonyl (C=O) groups is 1. The largest absolute Gasteiger partial charge is 0.412 e. The molecule has 1 rings (SSSR count). The van der Waals surface area contributed by atoms with E-state index in [1.165, 1.54) is 0 Å². The summed E-state index contributed by atoms with van der Waals surface area (Å²) in [6, 6.07) is 3.35. The Balaban J connectivity index is 0.000000640. The molecule has 0 radical (unpaired) electrons. The van der Waals surface area contributed by atoms with Gasteiger partial charge in [0.1, 0.15) is 5.69 Å². The van der Waals surface area contributed by atoms with Gasteiger partial charge in [-0.25, -0.2) is 0 Å². The summed E-state index contributed by atoms with van der Waals surface area (Å²) < 4.78 is 0. The van der Waals surface area contributed by atoms with Crippen LogP contribution in [0.3, 0.4) is 0 Å². The molecular weight excluding hydrogens is 120 g/mol. The van der Waals surface area contributed by atoms with Crippen molar-refractivity contribution in [3.63, 3.8) is 0 Å². The minimum Gasteiger partial charge on any atom is -0.412 e. The zero-order valence-electron chi connectivity index (χ0n) is 4.72. The second-order valence-corrected chi connectivity index (χ2v) is 1.45. The highest BCUT2D eigenvalue weighted by Gasteiger charge is 1.95. The van der Waals surface area contributed by atoms with E-state index in [4.69, 9.17) is 5.73 Å². The third-order valence-electron chi connectivity index (χ3n) is 0.863. The molecule has 0 bridgehead atoms. The molecule has 0 saturated carbocycles. The number of H-pyrrole nitrogens is 1. The van der Waals surface area contributed by atoms with E-state index in [-0.39, 0.29) is 5.48 Å². The smallest absolute Gasteiger partial charge is 0.265 e. The number of rotatable bonds is 1. The minimum atomic E-state index is -0.421. The van der Waals surface area contributed by atoms with Gasteiger partial charge in [0.2, 0.25) is 0 Å². The van der Waals surface area contributed by atoms with Crippen molar-refractivity contribution < 1.29 is 10.3 Å². The van der Waals surface area contributed by atoms with E-state index in [0.717, 1.165) is 0 Å². The van der Waals surface area contributed by atoms with Crippen LogP contribution in [0.5, 0.6) is 0 Å². The SMILES string of the molecule is NC(=O)c1ccc[nH]1.O. The number of carbonyl (C=O) groups excluding carboxylic acids is 1. The van der Waals surface area contributed by atoms with E-state index in [1.54, 1.807) is 18.3 Å². The summed E-state index contributed by atoms with van der Waals surface area (Å²) in [6.07, 6.45) is 1.65. The van der Waals surface area contributed by atoms with Gasteiger partial charge >= 0.3 is 0 Å². The molecule has 1 aromatic rings. The Morgan fingerprint density at radius 2 is 2.33 bits per heavy atom. The normalized spacial score (nSPS) is 8.00. The van der Waals surface area contributed by atoms with Crippen molar-refractivity contribution in [1.82, 2.24) is 4.98 Å². The van der Waals surface area contributed by atoms with Crippen LogP contribution < -0.4 is 5.73 Å². The van der Waals surface area contributed by atoms with Crippen LogP contribution in [-0.2, 0) is 0 Å². The van der Waals surface area contributed by atoms with Crippen LogP contribution in [0.1, 0.15) is 10.5 Å². The first kappa shape index (κ1) is 7.71. The Morgan fingerprint density at radius 1 is 1.67 bits per heavy atom. The highest BCUT2D eigenvalue weighted by Crippen LogP contribution is 1.89. The summed E-state index contributed by atoms with van der Waals surface area (Å²) in [5, 5.41) is 0. The lowest BCUT2D eigenvalue weighted by Crippen LogP contribution is -2.10. The third-order valence-corrected chi connectivity index (χ3v) is 0.863. The monoisotopic (exact) mass is 128 g/mol. The zero-order valence-corrected chi connectivity index (χ0v) is 4.72. The molecule has 0 aliphatic heterocycles. The molecule has 0 unspecified atom stereocenters. The molecule has 0 aliphatic carbocycles. The van der Waals surface area contributed by atoms with E-state index >= 15 is 0 Å². The number of amides is 1. The maximum Gasteiger partial charge on any atom is 0.265 e. The second-order valence-electron chi connectivity index (χ2n) is 1.45. The Kier molecular flexibility index (Phi) is 2.47. The number of aromatic nitrogens is 1. The molecule has 0 atom stereocenters. The molecule has 0 aliphatic rings. The summed E-state index contributed by atoms with van der Waals surface area (Å²) in [5.74, 6) is -0.421. The molecular formula is C5H8N2O2. The van der Waals surface area contributed by atoms with E-state index < -0.39 is 5.91 Å². The van der Waals surface area contributed by atoms with Gasteiger partial charge < -0.3 is 16.2 Å². The van der Waals surface area contributed by atoms with E-state index in [2.05, 4.69) is 4.98 Å². The summed E-state index contributed by atoms with van der Waals surface area (Å²) in [5.41, 5.74) is 5.34. The second kappa shape index (κ2) is 2.88. The van der Waals surface area contributed by atoms with E-state index in [0.29, 0.717) is 5.69 Å². The first-order valence-corrected chi connectivity index (χ1v) is 2.24. The summed E-state index contributed by atoms with van der Waals surface area (Å²) in [4.78, 5) is 12.9. The Bertz CT molecular complexity index is 181. The maximum absolute atomic E-state index is 10.3. The number of nitrogens with one attached hydrogen (secondary N) is 1. The predicted octanol–water partition coefficient (Wildman–Crippen LogP) is -0.711. The molecule has 4 nitrogen and oxygen atoms in total. The van der Waals surface area contributed by atoms with Crippen LogP contribution in [0.25, 0.3) is 0 Å². The van der Waals surface area contributed by atoms with Crippen molar-refractivity contribution in [3.05, 3.63) is 24.0 Å². The highest BCUT2D eigenvalue weighted by molar-refractivity contribution is 5.90. The van der Waals surface area contributed by atoms with Gasteiger partial charge in [-0.15, -0.1) is 0 Å². The Morgan fingerprint density at radius 3 is 2.56 bits per heavy atom. The van der Waals surface area contributed by atoms with Crippen molar-refractivity contribution in [1.29, 1.82) is 0 Å². The Labute approximate surface area is 52.0 Å². The van der Waals surface area contributed by atoms with Crippen LogP contribution in [0.15, 0.2) is 18.3 Å². The van der Waals surface area contributed by atoms with Crippen LogP contribution in [0, 0.1) is 0 Å². The van der Waals surface area contributed by atoms with Gasteiger partial charge in [-0.3, -0.25) is 4.79 Å². The van der Waals surface area contributed by atoms with Crippen molar-refractivity contribution in [2.45, 2.75) is 0 Å². The van der Waals surface area contributed by atoms with Gasteiger partial charge in [-0.1, -0.05) is 0 Å². The number of hydrogen-bond acceptors (Lipinski definition) is 1. The van der Waals surface area contributed by atoms with Crippen molar-refractivity contribution in [2.75, 3.05) is 0 Å². The van der Waals surface area contributed by atoms with Gasteiger partial charge in [-0.05, 0) is 12.1 Å². The summed E-state index contributed by atoms with van der Waals surface area (Å²) in [7, 11) is 0. The van der Waals surface area contributed by atoms with Crippen molar-refractivity contribution >= 4 is 5.91 Å². The highest BCUT2D eigenvalue weighted by atomic mass is 16.1. The number of primary amides is 1. The van der Waals surface area contributed by atoms with Crippen molar-refractivity contribution in [2.24, 2.45) is 5.73 Å². The molecule has 50 valence electrons. The minimum absolute atomic E-state index is 0. The first-order chi connectivity index (χ1) is 3.80. The topological polar surface area (TPSA) is 90.4 Å². The van der Waals surface area contributed by atoms with Crippen LogP contribution in [-0.4, -0.2) is 16.4 Å². The lowest BCUT2D eigenvalue weighted by molar-refractivity contribution is 0.0996. The van der Waals surface area contributed by atoms with E-state index in [9.17, 15) is 4.79 Å². The van der Waals surface area contributed by atoms with Gasteiger partial charge in [0.05, 0.1) is 0 Å². The molecule has 1 aromatic heterocycles. The summed E-state index contributed by atoms with van der Waals surface area (Å²) >= 11 is 0. The quantitative estimate of drug-likeness (QED) is 0.513. The molecule has 0 fully saturated rings. The average Bonchev–Trinajstić information content (AvgIpc) is 2.12. The summed E-state index contributed by atoms with van der Waals surface area (Å²) in [6.45, 7) is 0. The lowest BCUT2D eigenvalue weighted by Gasteiger charge is -1.82. The molecule has 4 heteroatoms. The molecule has 5 N–H and O–H groups in total. The first-order valence-electron chi connectivity index (χ1n) is 2.24. The molecule has 0 spiro atoms. The fraction of sp³-hybridized carbons (Fsp3) is 0. The third kappa shape index (κ3) is 1.58. The van der Waals surface area contributed by atoms with Gasteiger partial charge in [0.15, 0.2) is 0 Å². The molecule has 9 heavy (non-hydrogen) atoms. The van der Waals surface area contributed by atoms with E-state index in [1.807, 2.05) is 0 Å². The van der Waals surface area contributed by atoms with Crippen LogP contribution in [0.2, 0.25) is 0 Å². The fourth-order valence-electron chi connectivity index (χ4n) is 0.484. The number of aromatic amines is 1. The molecule has 0 aromatic carbocycles. The molecule has 1 heterocycles. The molecule has 1 amide bonds.